The minimum absolute atomic E-state index is 0.661. The smallest absolute Gasteiger partial charge is 0.193 e. The monoisotopic (exact) mass is 309 g/mol. The number of ether oxygens (including phenoxy) is 1. The van der Waals surface area contributed by atoms with Gasteiger partial charge in [0.25, 0.3) is 0 Å². The zero-order chi connectivity index (χ0) is 15.4. The van der Waals surface area contributed by atoms with Gasteiger partial charge in [-0.25, -0.2) is 0 Å². The van der Waals surface area contributed by atoms with E-state index >= 15 is 0 Å². The van der Waals surface area contributed by atoms with Crippen LogP contribution in [0.5, 0.6) is 0 Å². The fourth-order valence-corrected chi connectivity index (χ4v) is 3.95. The summed E-state index contributed by atoms with van der Waals surface area (Å²) >= 11 is 0. The van der Waals surface area contributed by atoms with Crippen LogP contribution in [0.4, 0.5) is 0 Å². The normalized spacial score (nSPS) is 31.9. The Kier molecular flexibility index (Phi) is 5.55. The number of likely N-dealkylation sites (N-methyl/N-ethyl adjacent to an activating group) is 1. The molecular weight excluding hydrogens is 278 g/mol. The lowest BCUT2D eigenvalue weighted by Gasteiger charge is -2.32. The second-order valence-corrected chi connectivity index (χ2v) is 6.74. The summed E-state index contributed by atoms with van der Waals surface area (Å²) in [7, 11) is 4.13. The van der Waals surface area contributed by atoms with E-state index in [1.807, 2.05) is 7.05 Å². The van der Waals surface area contributed by atoms with E-state index in [2.05, 4.69) is 32.1 Å². The summed E-state index contributed by atoms with van der Waals surface area (Å²) in [6.07, 6.45) is 3.87. The highest BCUT2D eigenvalue weighted by molar-refractivity contribution is 5.80. The number of nitrogens with one attached hydrogen (secondary N) is 1. The van der Waals surface area contributed by atoms with Gasteiger partial charge in [-0.05, 0) is 32.9 Å². The van der Waals surface area contributed by atoms with E-state index in [4.69, 9.17) is 4.74 Å². The predicted molar refractivity (Wildman–Crippen MR) is 89.4 cm³/mol. The summed E-state index contributed by atoms with van der Waals surface area (Å²) in [5.74, 6) is 1.08. The Hall–Kier alpha value is -0.850. The van der Waals surface area contributed by atoms with Crippen molar-refractivity contribution in [3.8, 4) is 0 Å². The van der Waals surface area contributed by atoms with Crippen molar-refractivity contribution in [1.82, 2.24) is 20.0 Å². The van der Waals surface area contributed by atoms with Gasteiger partial charge in [-0.1, -0.05) is 0 Å². The molecule has 6 heteroatoms. The van der Waals surface area contributed by atoms with Gasteiger partial charge >= 0.3 is 0 Å². The van der Waals surface area contributed by atoms with Gasteiger partial charge in [0.1, 0.15) is 0 Å². The number of guanidine groups is 1. The zero-order valence-corrected chi connectivity index (χ0v) is 14.1. The maximum absolute atomic E-state index is 5.46. The average Bonchev–Trinajstić information content (AvgIpc) is 3.19. The summed E-state index contributed by atoms with van der Waals surface area (Å²) in [6, 6.07) is 1.32. The largest absolute Gasteiger partial charge is 0.379 e. The number of hydrogen-bond donors (Lipinski definition) is 1. The van der Waals surface area contributed by atoms with Crippen LogP contribution in [0.1, 0.15) is 19.3 Å². The van der Waals surface area contributed by atoms with Crippen LogP contribution < -0.4 is 5.32 Å². The van der Waals surface area contributed by atoms with Gasteiger partial charge in [0, 0.05) is 51.9 Å². The molecule has 3 fully saturated rings. The number of nitrogens with zero attached hydrogens (tertiary/aromatic N) is 4. The van der Waals surface area contributed by atoms with E-state index in [1.54, 1.807) is 0 Å². The van der Waals surface area contributed by atoms with Crippen molar-refractivity contribution in [3.05, 3.63) is 0 Å². The molecule has 0 aromatic carbocycles. The minimum Gasteiger partial charge on any atom is -0.379 e. The van der Waals surface area contributed by atoms with Crippen LogP contribution in [0.15, 0.2) is 4.99 Å². The van der Waals surface area contributed by atoms with Crippen molar-refractivity contribution in [1.29, 1.82) is 0 Å². The first-order valence-corrected chi connectivity index (χ1v) is 8.75. The van der Waals surface area contributed by atoms with Crippen LogP contribution in [0.2, 0.25) is 0 Å². The third-order valence-corrected chi connectivity index (χ3v) is 5.40. The molecule has 3 aliphatic rings. The van der Waals surface area contributed by atoms with Crippen LogP contribution in [0.25, 0.3) is 0 Å². The molecule has 22 heavy (non-hydrogen) atoms. The standard InChI is InChI=1S/C16H31N5O/c1-17-16(18-12-14-4-3-6-19(14)2)21-7-5-15(13-21)20-8-10-22-11-9-20/h14-15H,3-13H2,1-2H3,(H,17,18). The van der Waals surface area contributed by atoms with Gasteiger partial charge in [0.2, 0.25) is 0 Å². The Morgan fingerprint density at radius 3 is 2.68 bits per heavy atom. The topological polar surface area (TPSA) is 43.3 Å². The van der Waals surface area contributed by atoms with Crippen molar-refractivity contribution in [3.63, 3.8) is 0 Å². The highest BCUT2D eigenvalue weighted by atomic mass is 16.5. The van der Waals surface area contributed by atoms with Gasteiger partial charge in [0.15, 0.2) is 5.96 Å². The highest BCUT2D eigenvalue weighted by Crippen LogP contribution is 2.18. The highest BCUT2D eigenvalue weighted by Gasteiger charge is 2.30. The number of morpholine rings is 1. The Labute approximate surface area is 134 Å². The first kappa shape index (κ1) is 16.0. The van der Waals surface area contributed by atoms with Crippen LogP contribution in [-0.2, 0) is 4.74 Å². The zero-order valence-electron chi connectivity index (χ0n) is 14.1. The Balaban J connectivity index is 1.47. The molecule has 3 saturated heterocycles. The lowest BCUT2D eigenvalue weighted by molar-refractivity contribution is 0.0195. The molecule has 2 unspecified atom stereocenters. The van der Waals surface area contributed by atoms with E-state index in [9.17, 15) is 0 Å². The summed E-state index contributed by atoms with van der Waals surface area (Å²) in [5.41, 5.74) is 0. The fourth-order valence-electron chi connectivity index (χ4n) is 3.95. The summed E-state index contributed by atoms with van der Waals surface area (Å²) in [4.78, 5) is 12.0. The Morgan fingerprint density at radius 2 is 2.00 bits per heavy atom. The third-order valence-electron chi connectivity index (χ3n) is 5.40. The lowest BCUT2D eigenvalue weighted by Crippen LogP contribution is -2.48. The number of likely N-dealkylation sites (tertiary alicyclic amines) is 2. The predicted octanol–water partition coefficient (Wildman–Crippen LogP) is 0.0625. The summed E-state index contributed by atoms with van der Waals surface area (Å²) in [6.45, 7) is 8.39. The van der Waals surface area contributed by atoms with E-state index in [-0.39, 0.29) is 0 Å². The maximum atomic E-state index is 5.46. The molecule has 0 aromatic heterocycles. The Morgan fingerprint density at radius 1 is 1.18 bits per heavy atom. The molecule has 3 rings (SSSR count). The second-order valence-electron chi connectivity index (χ2n) is 6.74. The molecule has 0 spiro atoms. The van der Waals surface area contributed by atoms with E-state index in [1.165, 1.54) is 25.8 Å². The molecule has 1 N–H and O–H groups in total. The molecule has 2 atom stereocenters. The molecule has 0 amide bonds. The first-order chi connectivity index (χ1) is 10.8. The lowest BCUT2D eigenvalue weighted by atomic mass is 10.2. The van der Waals surface area contributed by atoms with Crippen LogP contribution in [0, 0.1) is 0 Å². The second kappa shape index (κ2) is 7.62. The van der Waals surface area contributed by atoms with E-state index < -0.39 is 0 Å². The van der Waals surface area contributed by atoms with Gasteiger partial charge < -0.3 is 19.9 Å². The average molecular weight is 309 g/mol. The van der Waals surface area contributed by atoms with Crippen molar-refractivity contribution in [2.45, 2.75) is 31.3 Å². The molecule has 0 saturated carbocycles. The van der Waals surface area contributed by atoms with E-state index in [0.717, 1.165) is 51.9 Å². The Bertz CT molecular complexity index is 383. The SMILES string of the molecule is CN=C(NCC1CCCN1C)N1CCC(N2CCOCC2)C1. The minimum atomic E-state index is 0.661. The van der Waals surface area contributed by atoms with Crippen molar-refractivity contribution >= 4 is 5.96 Å². The molecule has 3 aliphatic heterocycles. The van der Waals surface area contributed by atoms with Gasteiger partial charge in [-0.2, -0.15) is 0 Å². The van der Waals surface area contributed by atoms with Gasteiger partial charge in [-0.15, -0.1) is 0 Å². The third kappa shape index (κ3) is 3.73. The summed E-state index contributed by atoms with van der Waals surface area (Å²) < 4.78 is 5.46. The quantitative estimate of drug-likeness (QED) is 0.590. The van der Waals surface area contributed by atoms with Crippen molar-refractivity contribution in [2.75, 3.05) is 66.6 Å². The van der Waals surface area contributed by atoms with Crippen LogP contribution >= 0.6 is 0 Å². The van der Waals surface area contributed by atoms with Gasteiger partial charge in [-0.3, -0.25) is 9.89 Å². The number of rotatable bonds is 3. The fraction of sp³-hybridized carbons (Fsp3) is 0.938. The van der Waals surface area contributed by atoms with Crippen LogP contribution in [-0.4, -0.2) is 99.3 Å². The molecule has 126 valence electrons. The molecule has 0 aromatic rings. The molecule has 0 aliphatic carbocycles. The number of hydrogen-bond acceptors (Lipinski definition) is 4. The first-order valence-electron chi connectivity index (χ1n) is 8.75. The molecule has 6 nitrogen and oxygen atoms in total. The molecule has 0 bridgehead atoms. The molecule has 0 radical (unpaired) electrons. The number of aliphatic imine (C=N–C) groups is 1. The van der Waals surface area contributed by atoms with Crippen molar-refractivity contribution in [2.24, 2.45) is 4.99 Å². The summed E-state index contributed by atoms with van der Waals surface area (Å²) in [5, 5.41) is 3.60. The maximum Gasteiger partial charge on any atom is 0.193 e. The molecular formula is C16H31N5O. The van der Waals surface area contributed by atoms with Crippen molar-refractivity contribution < 1.29 is 4.74 Å². The molecule has 3 heterocycles. The van der Waals surface area contributed by atoms with Gasteiger partial charge in [0.05, 0.1) is 13.2 Å². The van der Waals surface area contributed by atoms with Crippen LogP contribution in [0.3, 0.4) is 0 Å². The van der Waals surface area contributed by atoms with E-state index in [0.29, 0.717) is 12.1 Å².